The molecular formula is C10H11FO4. The van der Waals surface area contributed by atoms with Crippen LogP contribution in [0.1, 0.15) is 11.1 Å². The van der Waals surface area contributed by atoms with Crippen LogP contribution in [0.15, 0.2) is 6.07 Å². The highest BCUT2D eigenvalue weighted by Crippen LogP contribution is 2.34. The smallest absolute Gasteiger partial charge is 0.307 e. The SMILES string of the molecule is COc1c(F)cc(CC(=O)O)c(C)c1O. The largest absolute Gasteiger partial charge is 0.504 e. The fourth-order valence-corrected chi connectivity index (χ4v) is 1.30. The molecule has 0 spiro atoms. The number of hydrogen-bond acceptors (Lipinski definition) is 3. The van der Waals surface area contributed by atoms with Crippen molar-refractivity contribution in [1.82, 2.24) is 0 Å². The summed E-state index contributed by atoms with van der Waals surface area (Å²) in [6, 6.07) is 1.06. The number of hydrogen-bond donors (Lipinski definition) is 2. The Morgan fingerprint density at radius 1 is 1.60 bits per heavy atom. The zero-order valence-electron chi connectivity index (χ0n) is 8.37. The van der Waals surface area contributed by atoms with Crippen molar-refractivity contribution in [1.29, 1.82) is 0 Å². The molecule has 0 aliphatic rings. The molecule has 0 bridgehead atoms. The highest BCUT2D eigenvalue weighted by molar-refractivity contribution is 5.71. The minimum atomic E-state index is -1.08. The molecule has 82 valence electrons. The van der Waals surface area contributed by atoms with E-state index in [-0.39, 0.29) is 23.5 Å². The number of benzene rings is 1. The Kier molecular flexibility index (Phi) is 3.14. The Bertz CT molecular complexity index is 401. The predicted octanol–water partition coefficient (Wildman–Crippen LogP) is 1.48. The first kappa shape index (κ1) is 11.3. The van der Waals surface area contributed by atoms with Gasteiger partial charge in [0.15, 0.2) is 17.3 Å². The van der Waals surface area contributed by atoms with Crippen molar-refractivity contribution in [2.24, 2.45) is 0 Å². The van der Waals surface area contributed by atoms with Gasteiger partial charge >= 0.3 is 5.97 Å². The van der Waals surface area contributed by atoms with Crippen LogP contribution in [-0.2, 0) is 11.2 Å². The molecule has 0 saturated carbocycles. The van der Waals surface area contributed by atoms with E-state index >= 15 is 0 Å². The molecule has 0 radical (unpaired) electrons. The van der Waals surface area contributed by atoms with Gasteiger partial charge in [-0.1, -0.05) is 0 Å². The third-order valence-corrected chi connectivity index (χ3v) is 2.12. The maximum atomic E-state index is 13.3. The molecule has 15 heavy (non-hydrogen) atoms. The Balaban J connectivity index is 3.27. The van der Waals surface area contributed by atoms with Crippen LogP contribution in [0.2, 0.25) is 0 Å². The number of carboxylic acids is 1. The van der Waals surface area contributed by atoms with Gasteiger partial charge in [0.05, 0.1) is 13.5 Å². The Morgan fingerprint density at radius 2 is 2.20 bits per heavy atom. The molecule has 0 aromatic heterocycles. The van der Waals surface area contributed by atoms with Crippen LogP contribution in [0.4, 0.5) is 4.39 Å². The van der Waals surface area contributed by atoms with Crippen LogP contribution in [0.3, 0.4) is 0 Å². The first-order valence-electron chi connectivity index (χ1n) is 4.24. The quantitative estimate of drug-likeness (QED) is 0.799. The molecule has 1 rings (SSSR count). The van der Waals surface area contributed by atoms with Gasteiger partial charge in [-0.3, -0.25) is 4.79 Å². The number of rotatable bonds is 3. The lowest BCUT2D eigenvalue weighted by atomic mass is 10.0. The zero-order chi connectivity index (χ0) is 11.6. The Hall–Kier alpha value is -1.78. The van der Waals surface area contributed by atoms with Gasteiger partial charge in [-0.15, -0.1) is 0 Å². The summed E-state index contributed by atoms with van der Waals surface area (Å²) < 4.78 is 17.9. The second kappa shape index (κ2) is 4.16. The summed E-state index contributed by atoms with van der Waals surface area (Å²) in [7, 11) is 1.23. The molecule has 0 aliphatic heterocycles. The van der Waals surface area contributed by atoms with E-state index in [9.17, 15) is 14.3 Å². The van der Waals surface area contributed by atoms with E-state index in [1.54, 1.807) is 0 Å². The van der Waals surface area contributed by atoms with Gasteiger partial charge < -0.3 is 14.9 Å². The number of phenolic OH excluding ortho intramolecular Hbond substituents is 1. The first-order chi connectivity index (χ1) is 6.97. The standard InChI is InChI=1S/C10H11FO4/c1-5-6(4-8(12)13)3-7(11)10(15-2)9(5)14/h3,14H,4H2,1-2H3,(H,12,13). The van der Waals surface area contributed by atoms with Gasteiger partial charge in [-0.05, 0) is 24.1 Å². The van der Waals surface area contributed by atoms with Crippen LogP contribution >= 0.6 is 0 Å². The lowest BCUT2D eigenvalue weighted by Gasteiger charge is -2.10. The van der Waals surface area contributed by atoms with E-state index in [1.165, 1.54) is 14.0 Å². The van der Waals surface area contributed by atoms with E-state index in [0.717, 1.165) is 6.07 Å². The lowest BCUT2D eigenvalue weighted by Crippen LogP contribution is -2.04. The van der Waals surface area contributed by atoms with Gasteiger partial charge in [0.25, 0.3) is 0 Å². The number of aromatic hydroxyl groups is 1. The Labute approximate surface area is 85.9 Å². The molecular weight excluding hydrogens is 203 g/mol. The summed E-state index contributed by atoms with van der Waals surface area (Å²) in [5.74, 6) is -2.46. The average Bonchev–Trinajstić information content (AvgIpc) is 2.14. The number of carbonyl (C=O) groups is 1. The molecule has 2 N–H and O–H groups in total. The summed E-state index contributed by atoms with van der Waals surface area (Å²) >= 11 is 0. The van der Waals surface area contributed by atoms with Gasteiger partial charge in [0.1, 0.15) is 0 Å². The number of halogens is 1. The average molecular weight is 214 g/mol. The van der Waals surface area contributed by atoms with Crippen LogP contribution in [-0.4, -0.2) is 23.3 Å². The number of ether oxygens (including phenoxy) is 1. The van der Waals surface area contributed by atoms with Crippen LogP contribution in [0.5, 0.6) is 11.5 Å². The molecule has 5 heteroatoms. The van der Waals surface area contributed by atoms with Crippen molar-refractivity contribution >= 4 is 5.97 Å². The predicted molar refractivity (Wildman–Crippen MR) is 50.7 cm³/mol. The molecule has 4 nitrogen and oxygen atoms in total. The summed E-state index contributed by atoms with van der Waals surface area (Å²) in [6.45, 7) is 1.51. The van der Waals surface area contributed by atoms with E-state index in [4.69, 9.17) is 5.11 Å². The van der Waals surface area contributed by atoms with E-state index < -0.39 is 11.8 Å². The second-order valence-electron chi connectivity index (χ2n) is 3.09. The first-order valence-corrected chi connectivity index (χ1v) is 4.24. The molecule has 1 aromatic carbocycles. The topological polar surface area (TPSA) is 66.8 Å². The maximum absolute atomic E-state index is 13.3. The minimum absolute atomic E-state index is 0.235. The van der Waals surface area contributed by atoms with Crippen LogP contribution in [0, 0.1) is 12.7 Å². The summed E-state index contributed by atoms with van der Waals surface area (Å²) in [5, 5.41) is 18.1. The van der Waals surface area contributed by atoms with Crippen molar-refractivity contribution in [2.45, 2.75) is 13.3 Å². The maximum Gasteiger partial charge on any atom is 0.307 e. The number of carboxylic acid groups (broad SMARTS) is 1. The van der Waals surface area contributed by atoms with Crippen molar-refractivity contribution in [3.05, 3.63) is 23.0 Å². The van der Waals surface area contributed by atoms with Gasteiger partial charge in [0, 0.05) is 0 Å². The number of phenols is 1. The number of methoxy groups -OCH3 is 1. The summed E-state index contributed by atoms with van der Waals surface area (Å²) in [4.78, 5) is 10.5. The van der Waals surface area contributed by atoms with Crippen LogP contribution in [0.25, 0.3) is 0 Å². The van der Waals surface area contributed by atoms with Gasteiger partial charge in [-0.25, -0.2) is 4.39 Å². The molecule has 0 amide bonds. The molecule has 0 atom stereocenters. The minimum Gasteiger partial charge on any atom is -0.504 e. The normalized spacial score (nSPS) is 10.1. The zero-order valence-corrected chi connectivity index (χ0v) is 8.37. The van der Waals surface area contributed by atoms with Crippen molar-refractivity contribution in [3.8, 4) is 11.5 Å². The molecule has 0 fully saturated rings. The molecule has 0 saturated heterocycles. The highest BCUT2D eigenvalue weighted by atomic mass is 19.1. The fraction of sp³-hybridized carbons (Fsp3) is 0.300. The Morgan fingerprint density at radius 3 is 2.67 bits per heavy atom. The molecule has 1 aromatic rings. The van der Waals surface area contributed by atoms with Gasteiger partial charge in [-0.2, -0.15) is 0 Å². The van der Waals surface area contributed by atoms with Crippen LogP contribution < -0.4 is 4.74 Å². The van der Waals surface area contributed by atoms with Crippen molar-refractivity contribution < 1.29 is 24.1 Å². The highest BCUT2D eigenvalue weighted by Gasteiger charge is 2.16. The monoisotopic (exact) mass is 214 g/mol. The van der Waals surface area contributed by atoms with Gasteiger partial charge in [0.2, 0.25) is 0 Å². The lowest BCUT2D eigenvalue weighted by molar-refractivity contribution is -0.136. The van der Waals surface area contributed by atoms with E-state index in [0.29, 0.717) is 5.56 Å². The summed E-state index contributed by atoms with van der Waals surface area (Å²) in [5.41, 5.74) is 0.550. The van der Waals surface area contributed by atoms with Crippen molar-refractivity contribution in [2.75, 3.05) is 7.11 Å². The molecule has 0 unspecified atom stereocenters. The third kappa shape index (κ3) is 2.18. The fourth-order valence-electron chi connectivity index (χ4n) is 1.30. The van der Waals surface area contributed by atoms with E-state index in [2.05, 4.69) is 4.74 Å². The summed E-state index contributed by atoms with van der Waals surface area (Å²) in [6.07, 6.45) is -0.333. The third-order valence-electron chi connectivity index (χ3n) is 2.12. The van der Waals surface area contributed by atoms with E-state index in [1.807, 2.05) is 0 Å². The number of aliphatic carboxylic acids is 1. The second-order valence-corrected chi connectivity index (χ2v) is 3.09. The molecule has 0 heterocycles. The van der Waals surface area contributed by atoms with Crippen molar-refractivity contribution in [3.63, 3.8) is 0 Å². The molecule has 0 aliphatic carbocycles.